The molecule has 0 radical (unpaired) electrons. The Bertz CT molecular complexity index is 440. The zero-order valence-electron chi connectivity index (χ0n) is 12.3. The highest BCUT2D eigenvalue weighted by atomic mass is 28.3. The summed E-state index contributed by atoms with van der Waals surface area (Å²) in [6.45, 7) is 17.8. The predicted octanol–water partition coefficient (Wildman–Crippen LogP) is 5.04. The van der Waals surface area contributed by atoms with Crippen molar-refractivity contribution < 1.29 is 0 Å². The van der Waals surface area contributed by atoms with Gasteiger partial charge < -0.3 is 0 Å². The Balaban J connectivity index is 2.34. The van der Waals surface area contributed by atoms with Gasteiger partial charge in [0.05, 0.1) is 8.07 Å². The van der Waals surface area contributed by atoms with Crippen LogP contribution in [-0.4, -0.2) is 16.1 Å². The number of rotatable bonds is 4. The van der Waals surface area contributed by atoms with Crippen molar-refractivity contribution in [1.82, 2.24) is 0 Å². The highest BCUT2D eigenvalue weighted by molar-refractivity contribution is 6.89. The lowest BCUT2D eigenvalue weighted by Crippen LogP contribution is -2.51. The second kappa shape index (κ2) is 4.21. The molecule has 2 unspecified atom stereocenters. The second-order valence-electron chi connectivity index (χ2n) is 6.99. The molecule has 2 heteroatoms. The predicted molar refractivity (Wildman–Crippen MR) is 88.0 cm³/mol. The average Bonchev–Trinajstić information content (AvgIpc) is 2.30. The summed E-state index contributed by atoms with van der Waals surface area (Å²) in [5.74, 6) is 0.767. The lowest BCUT2D eigenvalue weighted by atomic mass is 9.70. The van der Waals surface area contributed by atoms with Crippen molar-refractivity contribution in [2.45, 2.75) is 44.1 Å². The van der Waals surface area contributed by atoms with Gasteiger partial charge in [0.25, 0.3) is 0 Å². The summed E-state index contributed by atoms with van der Waals surface area (Å²) in [5, 5.41) is 2.04. The quantitative estimate of drug-likeness (QED) is 0.630. The summed E-state index contributed by atoms with van der Waals surface area (Å²) in [4.78, 5) is 0. The molecule has 2 rings (SSSR count). The minimum absolute atomic E-state index is 0.462. The van der Waals surface area contributed by atoms with Crippen LogP contribution >= 0.6 is 0 Å². The Morgan fingerprint density at radius 2 is 1.89 bits per heavy atom. The highest BCUT2D eigenvalue weighted by Crippen LogP contribution is 2.63. The minimum Gasteiger partial charge on any atom is -0.107 e. The van der Waals surface area contributed by atoms with Crippen LogP contribution in [0.25, 0.3) is 0 Å². The van der Waals surface area contributed by atoms with Crippen LogP contribution in [0.15, 0.2) is 48.0 Å². The number of hydrogen-bond donors (Lipinski definition) is 0. The first-order valence-electron chi connectivity index (χ1n) is 6.98. The van der Waals surface area contributed by atoms with Crippen LogP contribution in [0.2, 0.25) is 31.2 Å². The maximum absolute atomic E-state index is 4.10. The maximum atomic E-state index is 4.10. The Morgan fingerprint density at radius 1 is 1.22 bits per heavy atom. The third kappa shape index (κ3) is 1.77. The SMILES string of the molecule is C=C[Si](C)(C)C1=CC2CCC2([Si](C)(C)C=C)C=C1. The van der Waals surface area contributed by atoms with E-state index in [-0.39, 0.29) is 0 Å². The first-order valence-corrected chi connectivity index (χ1v) is 13.1. The van der Waals surface area contributed by atoms with E-state index in [9.17, 15) is 0 Å². The number of fused-ring (bicyclic) bond motifs is 1. The van der Waals surface area contributed by atoms with Gasteiger partial charge in [-0.15, -0.1) is 18.9 Å². The van der Waals surface area contributed by atoms with Gasteiger partial charge in [0.15, 0.2) is 0 Å². The van der Waals surface area contributed by atoms with Gasteiger partial charge in [-0.25, -0.2) is 0 Å². The number of hydrogen-bond acceptors (Lipinski definition) is 0. The minimum atomic E-state index is -1.39. The van der Waals surface area contributed by atoms with Crippen LogP contribution in [-0.2, 0) is 0 Å². The Labute approximate surface area is 114 Å². The summed E-state index contributed by atoms with van der Waals surface area (Å²) in [7, 11) is -2.74. The summed E-state index contributed by atoms with van der Waals surface area (Å²) >= 11 is 0. The summed E-state index contributed by atoms with van der Waals surface area (Å²) in [6.07, 6.45) is 10.3. The lowest BCUT2D eigenvalue weighted by Gasteiger charge is -2.56. The van der Waals surface area contributed by atoms with Crippen molar-refractivity contribution in [2.24, 2.45) is 5.92 Å². The first kappa shape index (κ1) is 13.8. The molecule has 0 bridgehead atoms. The van der Waals surface area contributed by atoms with Crippen molar-refractivity contribution in [3.8, 4) is 0 Å². The largest absolute Gasteiger partial charge is 0.107 e. The Kier molecular flexibility index (Phi) is 3.23. The van der Waals surface area contributed by atoms with Gasteiger partial charge in [-0.3, -0.25) is 0 Å². The van der Waals surface area contributed by atoms with E-state index in [2.05, 4.69) is 69.0 Å². The van der Waals surface area contributed by atoms with Gasteiger partial charge in [0.2, 0.25) is 0 Å². The molecule has 0 aromatic heterocycles. The van der Waals surface area contributed by atoms with Crippen molar-refractivity contribution in [2.75, 3.05) is 0 Å². The van der Waals surface area contributed by atoms with Crippen molar-refractivity contribution in [3.63, 3.8) is 0 Å². The van der Waals surface area contributed by atoms with Gasteiger partial charge in [-0.2, -0.15) is 0 Å². The molecule has 0 amide bonds. The fourth-order valence-electron chi connectivity index (χ4n) is 3.32. The molecule has 0 spiro atoms. The molecule has 1 saturated carbocycles. The molecular formula is C16H26Si2. The van der Waals surface area contributed by atoms with Crippen LogP contribution in [0.5, 0.6) is 0 Å². The molecule has 2 aliphatic carbocycles. The molecule has 0 nitrogen and oxygen atoms in total. The Hall–Kier alpha value is -0.606. The molecule has 0 aromatic carbocycles. The first-order chi connectivity index (χ1) is 8.29. The van der Waals surface area contributed by atoms with E-state index in [0.29, 0.717) is 5.04 Å². The van der Waals surface area contributed by atoms with Crippen LogP contribution in [0.1, 0.15) is 12.8 Å². The second-order valence-corrected chi connectivity index (χ2v) is 16.2. The zero-order valence-corrected chi connectivity index (χ0v) is 14.3. The zero-order chi connectivity index (χ0) is 13.6. The van der Waals surface area contributed by atoms with Gasteiger partial charge in [-0.1, -0.05) is 55.3 Å². The van der Waals surface area contributed by atoms with E-state index in [0.717, 1.165) is 5.92 Å². The van der Waals surface area contributed by atoms with E-state index < -0.39 is 16.1 Å². The third-order valence-electron chi connectivity index (χ3n) is 5.44. The van der Waals surface area contributed by atoms with E-state index in [1.165, 1.54) is 12.8 Å². The van der Waals surface area contributed by atoms with Gasteiger partial charge >= 0.3 is 0 Å². The molecule has 18 heavy (non-hydrogen) atoms. The maximum Gasteiger partial charge on any atom is 0.103 e. The van der Waals surface area contributed by atoms with Crippen molar-refractivity contribution in [3.05, 3.63) is 48.0 Å². The molecule has 0 heterocycles. The molecular weight excluding hydrogens is 248 g/mol. The van der Waals surface area contributed by atoms with E-state index >= 15 is 0 Å². The van der Waals surface area contributed by atoms with E-state index in [1.54, 1.807) is 5.20 Å². The smallest absolute Gasteiger partial charge is 0.103 e. The molecule has 2 atom stereocenters. The van der Waals surface area contributed by atoms with Crippen LogP contribution in [0.4, 0.5) is 0 Å². The normalized spacial score (nSPS) is 31.1. The summed E-state index contributed by atoms with van der Waals surface area (Å²) < 4.78 is 0. The molecule has 0 aromatic rings. The van der Waals surface area contributed by atoms with Gasteiger partial charge in [-0.05, 0) is 23.8 Å². The van der Waals surface area contributed by atoms with E-state index in [4.69, 9.17) is 0 Å². The van der Waals surface area contributed by atoms with Gasteiger partial charge in [0.1, 0.15) is 8.07 Å². The molecule has 0 N–H and O–H groups in total. The molecule has 98 valence electrons. The third-order valence-corrected chi connectivity index (χ3v) is 12.5. The van der Waals surface area contributed by atoms with Gasteiger partial charge in [0, 0.05) is 0 Å². The summed E-state index contributed by atoms with van der Waals surface area (Å²) in [5.41, 5.74) is 4.48. The van der Waals surface area contributed by atoms with Crippen LogP contribution in [0.3, 0.4) is 0 Å². The molecule has 0 saturated heterocycles. The Morgan fingerprint density at radius 3 is 2.28 bits per heavy atom. The molecule has 2 aliphatic rings. The monoisotopic (exact) mass is 274 g/mol. The van der Waals surface area contributed by atoms with Crippen molar-refractivity contribution >= 4 is 16.1 Å². The molecule has 1 fully saturated rings. The van der Waals surface area contributed by atoms with Crippen molar-refractivity contribution in [1.29, 1.82) is 0 Å². The fourth-order valence-corrected chi connectivity index (χ4v) is 7.57. The molecule has 0 aliphatic heterocycles. The number of allylic oxidation sites excluding steroid dienone is 4. The highest BCUT2D eigenvalue weighted by Gasteiger charge is 2.54. The van der Waals surface area contributed by atoms with Crippen LogP contribution in [0, 0.1) is 5.92 Å². The lowest BCUT2D eigenvalue weighted by molar-refractivity contribution is 0.290. The van der Waals surface area contributed by atoms with Crippen LogP contribution < -0.4 is 0 Å². The average molecular weight is 275 g/mol. The standard InChI is InChI=1S/C16H26Si2/c1-7-17(3,4)15-10-12-16(18(5,6)8-2)11-9-14(16)13-15/h7-8,10,12-14H,1-2,9,11H2,3-6H3. The fraction of sp³-hybridized carbons (Fsp3) is 0.500. The topological polar surface area (TPSA) is 0 Å². The van der Waals surface area contributed by atoms with E-state index in [1.807, 2.05) is 0 Å². The summed E-state index contributed by atoms with van der Waals surface area (Å²) in [6, 6.07) is 0.